The lowest BCUT2D eigenvalue weighted by atomic mass is 10.2. The number of aromatic nitrogens is 4. The van der Waals surface area contributed by atoms with Crippen molar-refractivity contribution in [1.82, 2.24) is 19.7 Å². The number of rotatable bonds is 4. The molecule has 0 fully saturated rings. The van der Waals surface area contributed by atoms with Crippen molar-refractivity contribution < 1.29 is 0 Å². The molecule has 0 atom stereocenters. The fraction of sp³-hybridized carbons (Fsp3) is 0.133. The largest absolute Gasteiger partial charge is 0.300 e. The minimum atomic E-state index is 0.646. The van der Waals surface area contributed by atoms with Gasteiger partial charge in [-0.05, 0) is 30.3 Å². The summed E-state index contributed by atoms with van der Waals surface area (Å²) in [6.07, 6.45) is 4.54. The van der Waals surface area contributed by atoms with Crippen LogP contribution in [0, 0.1) is 4.77 Å². The molecule has 0 unspecified atom stereocenters. The average Bonchev–Trinajstić information content (AvgIpc) is 2.88. The monoisotopic (exact) mass is 282 g/mol. The molecule has 2 heterocycles. The van der Waals surface area contributed by atoms with Gasteiger partial charge in [-0.15, -0.1) is 0 Å². The SMILES string of the molecule is S=c1[nH]nc(-c2ccccc2)n1CCc1cccnc1. The number of aryl methyl sites for hydroxylation is 1. The quantitative estimate of drug-likeness (QED) is 0.747. The van der Waals surface area contributed by atoms with Crippen molar-refractivity contribution in [1.29, 1.82) is 0 Å². The van der Waals surface area contributed by atoms with Crippen LogP contribution in [0.15, 0.2) is 54.9 Å². The fourth-order valence-corrected chi connectivity index (χ4v) is 2.34. The predicted molar refractivity (Wildman–Crippen MR) is 80.8 cm³/mol. The summed E-state index contributed by atoms with van der Waals surface area (Å²) in [5, 5.41) is 7.20. The molecular formula is C15H14N4S. The molecule has 0 aliphatic heterocycles. The predicted octanol–water partition coefficient (Wildman–Crippen LogP) is 3.25. The number of hydrogen-bond donors (Lipinski definition) is 1. The Morgan fingerprint density at radius 2 is 1.95 bits per heavy atom. The van der Waals surface area contributed by atoms with E-state index in [4.69, 9.17) is 12.2 Å². The summed E-state index contributed by atoms with van der Waals surface area (Å²) in [6, 6.07) is 14.1. The van der Waals surface area contributed by atoms with Gasteiger partial charge < -0.3 is 0 Å². The van der Waals surface area contributed by atoms with E-state index in [0.717, 1.165) is 24.4 Å². The molecule has 0 bridgehead atoms. The van der Waals surface area contributed by atoms with Crippen LogP contribution in [-0.4, -0.2) is 19.7 Å². The number of aromatic amines is 1. The van der Waals surface area contributed by atoms with Crippen LogP contribution < -0.4 is 0 Å². The third-order valence-electron chi connectivity index (χ3n) is 3.14. The molecule has 4 nitrogen and oxygen atoms in total. The summed E-state index contributed by atoms with van der Waals surface area (Å²) in [5.41, 5.74) is 2.25. The van der Waals surface area contributed by atoms with Crippen molar-refractivity contribution >= 4 is 12.2 Å². The van der Waals surface area contributed by atoms with Crippen molar-refractivity contribution in [3.05, 3.63) is 65.2 Å². The summed E-state index contributed by atoms with van der Waals surface area (Å²) in [7, 11) is 0. The van der Waals surface area contributed by atoms with Crippen LogP contribution in [0.3, 0.4) is 0 Å². The fourth-order valence-electron chi connectivity index (χ4n) is 2.12. The normalized spacial score (nSPS) is 10.6. The molecule has 2 aromatic heterocycles. The Balaban J connectivity index is 1.87. The number of H-pyrrole nitrogens is 1. The van der Waals surface area contributed by atoms with Crippen molar-refractivity contribution in [2.24, 2.45) is 0 Å². The highest BCUT2D eigenvalue weighted by Crippen LogP contribution is 2.17. The summed E-state index contributed by atoms with van der Waals surface area (Å²) in [5.74, 6) is 0.875. The van der Waals surface area contributed by atoms with Crippen molar-refractivity contribution in [2.45, 2.75) is 13.0 Å². The van der Waals surface area contributed by atoms with Gasteiger partial charge in [0.15, 0.2) is 10.6 Å². The smallest absolute Gasteiger partial charge is 0.195 e. The highest BCUT2D eigenvalue weighted by molar-refractivity contribution is 7.71. The number of benzene rings is 1. The van der Waals surface area contributed by atoms with Crippen molar-refractivity contribution in [3.8, 4) is 11.4 Å². The summed E-state index contributed by atoms with van der Waals surface area (Å²) in [4.78, 5) is 4.13. The Labute approximate surface area is 122 Å². The third kappa shape index (κ3) is 2.67. The molecule has 5 heteroatoms. The summed E-state index contributed by atoms with van der Waals surface area (Å²) >= 11 is 5.32. The van der Waals surface area contributed by atoms with E-state index in [1.54, 1.807) is 6.20 Å². The lowest BCUT2D eigenvalue weighted by Gasteiger charge is -2.06. The van der Waals surface area contributed by atoms with Crippen LogP contribution in [0.1, 0.15) is 5.56 Å². The number of nitrogens with one attached hydrogen (secondary N) is 1. The van der Waals surface area contributed by atoms with E-state index in [-0.39, 0.29) is 0 Å². The first-order chi connectivity index (χ1) is 9.84. The Morgan fingerprint density at radius 1 is 1.10 bits per heavy atom. The maximum absolute atomic E-state index is 5.32. The first-order valence-electron chi connectivity index (χ1n) is 6.44. The number of nitrogens with zero attached hydrogens (tertiary/aromatic N) is 3. The van der Waals surface area contributed by atoms with Gasteiger partial charge in [0.05, 0.1) is 0 Å². The van der Waals surface area contributed by atoms with Gasteiger partial charge in [0.2, 0.25) is 0 Å². The second-order valence-corrected chi connectivity index (χ2v) is 4.87. The highest BCUT2D eigenvalue weighted by Gasteiger charge is 2.08. The maximum Gasteiger partial charge on any atom is 0.195 e. The molecular weight excluding hydrogens is 268 g/mol. The van der Waals surface area contributed by atoms with Crippen LogP contribution in [0.25, 0.3) is 11.4 Å². The van der Waals surface area contributed by atoms with Crippen molar-refractivity contribution in [2.75, 3.05) is 0 Å². The molecule has 0 saturated carbocycles. The van der Waals surface area contributed by atoms with Gasteiger partial charge in [-0.3, -0.25) is 14.6 Å². The van der Waals surface area contributed by atoms with Crippen LogP contribution in [0.5, 0.6) is 0 Å². The minimum absolute atomic E-state index is 0.646. The zero-order valence-corrected chi connectivity index (χ0v) is 11.7. The summed E-state index contributed by atoms with van der Waals surface area (Å²) in [6.45, 7) is 0.783. The van der Waals surface area contributed by atoms with E-state index in [2.05, 4.69) is 21.2 Å². The Bertz CT molecular complexity index is 731. The average molecular weight is 282 g/mol. The lowest BCUT2D eigenvalue weighted by molar-refractivity contribution is 0.690. The topological polar surface area (TPSA) is 46.5 Å². The molecule has 1 aromatic carbocycles. The number of hydrogen-bond acceptors (Lipinski definition) is 3. The second-order valence-electron chi connectivity index (χ2n) is 4.48. The molecule has 100 valence electrons. The minimum Gasteiger partial charge on any atom is -0.300 e. The van der Waals surface area contributed by atoms with Gasteiger partial charge in [-0.2, -0.15) is 5.10 Å². The Morgan fingerprint density at radius 3 is 2.70 bits per heavy atom. The Hall–Kier alpha value is -2.27. The zero-order valence-electron chi connectivity index (χ0n) is 10.9. The van der Waals surface area contributed by atoms with Crippen LogP contribution >= 0.6 is 12.2 Å². The first kappa shape index (κ1) is 12.7. The zero-order chi connectivity index (χ0) is 13.8. The van der Waals surface area contributed by atoms with Gasteiger partial charge in [0.25, 0.3) is 0 Å². The molecule has 1 N–H and O–H groups in total. The van der Waals surface area contributed by atoms with Crippen LogP contribution in [-0.2, 0) is 13.0 Å². The molecule has 20 heavy (non-hydrogen) atoms. The molecule has 3 aromatic rings. The van der Waals surface area contributed by atoms with E-state index < -0.39 is 0 Å². The maximum atomic E-state index is 5.32. The summed E-state index contributed by atoms with van der Waals surface area (Å²) < 4.78 is 2.67. The first-order valence-corrected chi connectivity index (χ1v) is 6.85. The molecule has 0 radical (unpaired) electrons. The standard InChI is InChI=1S/C15H14N4S/c20-15-18-17-14(13-6-2-1-3-7-13)19(15)10-8-12-5-4-9-16-11-12/h1-7,9,11H,8,10H2,(H,18,20). The van der Waals surface area contributed by atoms with Crippen molar-refractivity contribution in [3.63, 3.8) is 0 Å². The highest BCUT2D eigenvalue weighted by atomic mass is 32.1. The van der Waals surface area contributed by atoms with E-state index in [0.29, 0.717) is 4.77 Å². The van der Waals surface area contributed by atoms with E-state index >= 15 is 0 Å². The molecule has 0 amide bonds. The second kappa shape index (κ2) is 5.79. The molecule has 0 aliphatic carbocycles. The van der Waals surface area contributed by atoms with E-state index in [1.165, 1.54) is 5.56 Å². The third-order valence-corrected chi connectivity index (χ3v) is 3.45. The van der Waals surface area contributed by atoms with Gasteiger partial charge in [0.1, 0.15) is 0 Å². The number of pyridine rings is 1. The van der Waals surface area contributed by atoms with Gasteiger partial charge in [0, 0.05) is 24.5 Å². The van der Waals surface area contributed by atoms with Gasteiger partial charge in [-0.1, -0.05) is 36.4 Å². The molecule has 0 saturated heterocycles. The van der Waals surface area contributed by atoms with Crippen LogP contribution in [0.2, 0.25) is 0 Å². The Kier molecular flexibility index (Phi) is 3.69. The van der Waals surface area contributed by atoms with Crippen LogP contribution in [0.4, 0.5) is 0 Å². The molecule has 3 rings (SSSR count). The van der Waals surface area contributed by atoms with E-state index in [1.807, 2.05) is 47.2 Å². The van der Waals surface area contributed by atoms with E-state index in [9.17, 15) is 0 Å². The van der Waals surface area contributed by atoms with Gasteiger partial charge in [-0.25, -0.2) is 0 Å². The molecule has 0 aliphatic rings. The van der Waals surface area contributed by atoms with Gasteiger partial charge >= 0.3 is 0 Å². The lowest BCUT2D eigenvalue weighted by Crippen LogP contribution is -2.04. The molecule has 0 spiro atoms.